The second-order valence-electron chi connectivity index (χ2n) is 5.78. The SMILES string of the molecule is C[C@H]1CN(Cc2ccc(Cl)cc2Cl)C(=O)C(=O)N1c1ccccc1. The van der Waals surface area contributed by atoms with Crippen molar-refractivity contribution in [2.45, 2.75) is 19.5 Å². The summed E-state index contributed by atoms with van der Waals surface area (Å²) in [4.78, 5) is 28.1. The van der Waals surface area contributed by atoms with Crippen LogP contribution in [0.4, 0.5) is 5.69 Å². The summed E-state index contributed by atoms with van der Waals surface area (Å²) < 4.78 is 0. The van der Waals surface area contributed by atoms with Gasteiger partial charge in [-0.2, -0.15) is 0 Å². The summed E-state index contributed by atoms with van der Waals surface area (Å²) >= 11 is 12.1. The number of carbonyl (C=O) groups excluding carboxylic acids is 2. The lowest BCUT2D eigenvalue weighted by Crippen LogP contribution is -2.58. The number of halogens is 2. The molecule has 24 heavy (non-hydrogen) atoms. The first kappa shape index (κ1) is 16.8. The molecule has 124 valence electrons. The number of para-hydroxylation sites is 1. The molecule has 1 heterocycles. The van der Waals surface area contributed by atoms with Gasteiger partial charge in [0.25, 0.3) is 0 Å². The van der Waals surface area contributed by atoms with Crippen LogP contribution in [0, 0.1) is 0 Å². The van der Waals surface area contributed by atoms with Crippen molar-refractivity contribution in [3.63, 3.8) is 0 Å². The van der Waals surface area contributed by atoms with Crippen LogP contribution in [0.3, 0.4) is 0 Å². The molecule has 2 aromatic carbocycles. The standard InChI is InChI=1S/C18H16Cl2N2O2/c1-12-10-21(11-13-7-8-14(19)9-16(13)20)17(23)18(24)22(12)15-5-3-2-4-6-15/h2-9,12H,10-11H2,1H3/t12-/m0/s1. The summed E-state index contributed by atoms with van der Waals surface area (Å²) in [6, 6.07) is 14.2. The molecule has 0 bridgehead atoms. The first-order valence-electron chi connectivity index (χ1n) is 7.59. The van der Waals surface area contributed by atoms with E-state index < -0.39 is 11.8 Å². The molecule has 1 saturated heterocycles. The molecular weight excluding hydrogens is 347 g/mol. The van der Waals surface area contributed by atoms with Crippen molar-refractivity contribution in [3.8, 4) is 0 Å². The van der Waals surface area contributed by atoms with Gasteiger partial charge in [0.1, 0.15) is 0 Å². The van der Waals surface area contributed by atoms with Gasteiger partial charge in [0, 0.05) is 28.8 Å². The molecule has 0 aliphatic carbocycles. The van der Waals surface area contributed by atoms with Crippen molar-refractivity contribution >= 4 is 40.7 Å². The molecule has 0 spiro atoms. The van der Waals surface area contributed by atoms with Gasteiger partial charge in [-0.1, -0.05) is 47.5 Å². The van der Waals surface area contributed by atoms with Crippen molar-refractivity contribution < 1.29 is 9.59 Å². The molecule has 1 atom stereocenters. The highest BCUT2D eigenvalue weighted by atomic mass is 35.5. The van der Waals surface area contributed by atoms with Gasteiger partial charge in [-0.05, 0) is 36.8 Å². The van der Waals surface area contributed by atoms with Crippen LogP contribution >= 0.6 is 23.2 Å². The molecule has 2 aromatic rings. The second kappa shape index (κ2) is 6.83. The van der Waals surface area contributed by atoms with E-state index in [2.05, 4.69) is 0 Å². The number of rotatable bonds is 3. The molecule has 1 aliphatic rings. The number of benzene rings is 2. The average molecular weight is 363 g/mol. The van der Waals surface area contributed by atoms with E-state index in [1.165, 1.54) is 4.90 Å². The van der Waals surface area contributed by atoms with E-state index in [9.17, 15) is 9.59 Å². The largest absolute Gasteiger partial charge is 0.328 e. The Balaban J connectivity index is 1.82. The molecule has 0 saturated carbocycles. The van der Waals surface area contributed by atoms with E-state index in [0.29, 0.717) is 16.6 Å². The van der Waals surface area contributed by atoms with Crippen LogP contribution in [0.5, 0.6) is 0 Å². The fourth-order valence-electron chi connectivity index (χ4n) is 2.87. The lowest BCUT2D eigenvalue weighted by atomic mass is 10.1. The molecule has 6 heteroatoms. The third-order valence-corrected chi connectivity index (χ3v) is 4.61. The van der Waals surface area contributed by atoms with Crippen LogP contribution in [0.25, 0.3) is 0 Å². The summed E-state index contributed by atoms with van der Waals surface area (Å²) in [6.45, 7) is 2.65. The highest BCUT2D eigenvalue weighted by Gasteiger charge is 2.37. The minimum atomic E-state index is -0.525. The van der Waals surface area contributed by atoms with Crippen LogP contribution in [-0.2, 0) is 16.1 Å². The maximum Gasteiger partial charge on any atom is 0.316 e. The van der Waals surface area contributed by atoms with Crippen LogP contribution < -0.4 is 4.90 Å². The topological polar surface area (TPSA) is 40.6 Å². The van der Waals surface area contributed by atoms with Gasteiger partial charge in [0.05, 0.1) is 6.04 Å². The number of carbonyl (C=O) groups is 2. The Morgan fingerprint density at radius 2 is 1.75 bits per heavy atom. The van der Waals surface area contributed by atoms with E-state index in [1.807, 2.05) is 37.3 Å². The normalized spacial score (nSPS) is 18.2. The Bertz CT molecular complexity index is 780. The number of piperazine rings is 1. The van der Waals surface area contributed by atoms with E-state index in [-0.39, 0.29) is 12.6 Å². The molecule has 3 rings (SSSR count). The van der Waals surface area contributed by atoms with Crippen molar-refractivity contribution in [1.82, 2.24) is 4.90 Å². The molecule has 2 amide bonds. The smallest absolute Gasteiger partial charge is 0.316 e. The summed E-state index contributed by atoms with van der Waals surface area (Å²) in [5.74, 6) is -1.05. The predicted molar refractivity (Wildman–Crippen MR) is 95.3 cm³/mol. The zero-order valence-electron chi connectivity index (χ0n) is 13.1. The number of hydrogen-bond acceptors (Lipinski definition) is 2. The van der Waals surface area contributed by atoms with Crippen molar-refractivity contribution in [2.75, 3.05) is 11.4 Å². The molecule has 4 nitrogen and oxygen atoms in total. The van der Waals surface area contributed by atoms with Crippen LogP contribution in [0.1, 0.15) is 12.5 Å². The Hall–Kier alpha value is -2.04. The van der Waals surface area contributed by atoms with Crippen molar-refractivity contribution in [1.29, 1.82) is 0 Å². The molecule has 1 fully saturated rings. The molecule has 0 unspecified atom stereocenters. The maximum atomic E-state index is 12.6. The van der Waals surface area contributed by atoms with Gasteiger partial charge in [0.2, 0.25) is 0 Å². The Morgan fingerprint density at radius 3 is 2.42 bits per heavy atom. The lowest BCUT2D eigenvalue weighted by molar-refractivity contribution is -0.147. The first-order chi connectivity index (χ1) is 11.5. The summed E-state index contributed by atoms with van der Waals surface area (Å²) in [5, 5.41) is 1.02. The monoisotopic (exact) mass is 362 g/mol. The summed E-state index contributed by atoms with van der Waals surface area (Å²) in [6.07, 6.45) is 0. The lowest BCUT2D eigenvalue weighted by Gasteiger charge is -2.39. The third kappa shape index (κ3) is 3.25. The first-order valence-corrected chi connectivity index (χ1v) is 8.34. The Kier molecular flexibility index (Phi) is 4.78. The van der Waals surface area contributed by atoms with Gasteiger partial charge in [-0.3, -0.25) is 14.5 Å². The van der Waals surface area contributed by atoms with Crippen molar-refractivity contribution in [2.24, 2.45) is 0 Å². The average Bonchev–Trinajstić information content (AvgIpc) is 2.56. The Morgan fingerprint density at radius 1 is 1.04 bits per heavy atom. The van der Waals surface area contributed by atoms with E-state index in [1.54, 1.807) is 23.1 Å². The van der Waals surface area contributed by atoms with Gasteiger partial charge in [-0.15, -0.1) is 0 Å². The molecule has 1 aliphatic heterocycles. The quantitative estimate of drug-likeness (QED) is 0.780. The van der Waals surface area contributed by atoms with Crippen LogP contribution in [0.2, 0.25) is 10.0 Å². The van der Waals surface area contributed by atoms with Gasteiger partial charge in [0.15, 0.2) is 0 Å². The second-order valence-corrected chi connectivity index (χ2v) is 6.62. The highest BCUT2D eigenvalue weighted by molar-refractivity contribution is 6.41. The zero-order chi connectivity index (χ0) is 17.3. The Labute approximate surface area is 150 Å². The number of hydrogen-bond donors (Lipinski definition) is 0. The van der Waals surface area contributed by atoms with Crippen molar-refractivity contribution in [3.05, 3.63) is 64.1 Å². The van der Waals surface area contributed by atoms with Gasteiger partial charge >= 0.3 is 11.8 Å². The summed E-state index contributed by atoms with van der Waals surface area (Å²) in [5.41, 5.74) is 1.50. The highest BCUT2D eigenvalue weighted by Crippen LogP contribution is 2.26. The number of anilines is 1. The molecule has 0 aromatic heterocycles. The minimum Gasteiger partial charge on any atom is -0.328 e. The molecular formula is C18H16Cl2N2O2. The van der Waals surface area contributed by atoms with E-state index in [0.717, 1.165) is 11.3 Å². The predicted octanol–water partition coefficient (Wildman–Crippen LogP) is 3.76. The third-order valence-electron chi connectivity index (χ3n) is 4.03. The summed E-state index contributed by atoms with van der Waals surface area (Å²) in [7, 11) is 0. The number of amides is 2. The fourth-order valence-corrected chi connectivity index (χ4v) is 3.34. The molecule has 0 N–H and O–H groups in total. The van der Waals surface area contributed by atoms with Crippen LogP contribution in [0.15, 0.2) is 48.5 Å². The maximum absolute atomic E-state index is 12.6. The van der Waals surface area contributed by atoms with E-state index >= 15 is 0 Å². The number of nitrogens with zero attached hydrogens (tertiary/aromatic N) is 2. The zero-order valence-corrected chi connectivity index (χ0v) is 14.6. The van der Waals surface area contributed by atoms with E-state index in [4.69, 9.17) is 23.2 Å². The van der Waals surface area contributed by atoms with Gasteiger partial charge in [-0.25, -0.2) is 0 Å². The fraction of sp³-hybridized carbons (Fsp3) is 0.222. The molecule has 0 radical (unpaired) electrons. The minimum absolute atomic E-state index is 0.122. The van der Waals surface area contributed by atoms with Gasteiger partial charge < -0.3 is 4.90 Å². The van der Waals surface area contributed by atoms with Crippen LogP contribution in [-0.4, -0.2) is 29.3 Å².